The van der Waals surface area contributed by atoms with Crippen molar-refractivity contribution in [3.8, 4) is 5.75 Å². The van der Waals surface area contributed by atoms with E-state index in [1.54, 1.807) is 0 Å². The first-order chi connectivity index (χ1) is 11.8. The zero-order chi connectivity index (χ0) is 16.6. The van der Waals surface area contributed by atoms with Crippen molar-refractivity contribution in [3.63, 3.8) is 0 Å². The zero-order valence-corrected chi connectivity index (χ0v) is 14.0. The molecular weight excluding hydrogens is 298 g/mol. The first-order valence-corrected chi connectivity index (χ1v) is 8.86. The minimum atomic E-state index is 0.0842. The van der Waals surface area contributed by atoms with Gasteiger partial charge in [-0.15, -0.1) is 0 Å². The fraction of sp³-hybridized carbons (Fsp3) is 0.381. The highest BCUT2D eigenvalue weighted by Crippen LogP contribution is 2.24. The molecule has 0 heterocycles. The number of benzene rings is 2. The van der Waals surface area contributed by atoms with E-state index < -0.39 is 0 Å². The molecule has 2 aromatic carbocycles. The van der Waals surface area contributed by atoms with Gasteiger partial charge in [-0.05, 0) is 55.4 Å². The molecule has 1 N–H and O–H groups in total. The Morgan fingerprint density at radius 1 is 1.00 bits per heavy atom. The van der Waals surface area contributed by atoms with Crippen LogP contribution >= 0.6 is 0 Å². The number of carbonyl (C=O) groups excluding carboxylic acids is 1. The molecule has 0 spiro atoms. The van der Waals surface area contributed by atoms with Gasteiger partial charge in [0.25, 0.3) is 0 Å². The predicted molar refractivity (Wildman–Crippen MR) is 95.9 cm³/mol. The van der Waals surface area contributed by atoms with Gasteiger partial charge in [0.2, 0.25) is 5.91 Å². The number of amides is 1. The number of hydrogen-bond donors (Lipinski definition) is 1. The van der Waals surface area contributed by atoms with E-state index in [2.05, 4.69) is 17.4 Å². The minimum Gasteiger partial charge on any atom is -0.490 e. The molecule has 0 aromatic heterocycles. The van der Waals surface area contributed by atoms with E-state index in [4.69, 9.17) is 4.74 Å². The summed E-state index contributed by atoms with van der Waals surface area (Å²) in [6.45, 7) is 0.588. The molecular formula is C21H25NO2. The Balaban J connectivity index is 1.44. The average Bonchev–Trinajstić information content (AvgIpc) is 3.12. The fourth-order valence-electron chi connectivity index (χ4n) is 3.12. The van der Waals surface area contributed by atoms with Gasteiger partial charge in [-0.3, -0.25) is 4.79 Å². The molecule has 0 atom stereocenters. The van der Waals surface area contributed by atoms with E-state index >= 15 is 0 Å². The lowest BCUT2D eigenvalue weighted by Gasteiger charge is -2.13. The third kappa shape index (κ3) is 5.12. The summed E-state index contributed by atoms with van der Waals surface area (Å²) in [5.41, 5.74) is 2.28. The van der Waals surface area contributed by atoms with Crippen LogP contribution in [0.4, 0.5) is 0 Å². The summed E-state index contributed by atoms with van der Waals surface area (Å²) in [6, 6.07) is 18.1. The van der Waals surface area contributed by atoms with Gasteiger partial charge in [-0.2, -0.15) is 0 Å². The molecule has 3 rings (SSSR count). The zero-order valence-electron chi connectivity index (χ0n) is 14.0. The summed E-state index contributed by atoms with van der Waals surface area (Å²) in [7, 11) is 0. The Hall–Kier alpha value is -2.29. The molecule has 0 unspecified atom stereocenters. The number of nitrogens with one attached hydrogen (secondary N) is 1. The highest BCUT2D eigenvalue weighted by molar-refractivity contribution is 5.76. The Kier molecular flexibility index (Phi) is 5.89. The van der Waals surface area contributed by atoms with Crippen LogP contribution in [0, 0.1) is 0 Å². The lowest BCUT2D eigenvalue weighted by Crippen LogP contribution is -2.22. The summed E-state index contributed by atoms with van der Waals surface area (Å²) < 4.78 is 6.03. The van der Waals surface area contributed by atoms with Crippen LogP contribution in [0.2, 0.25) is 0 Å². The molecule has 0 saturated heterocycles. The van der Waals surface area contributed by atoms with E-state index in [-0.39, 0.29) is 5.91 Å². The maximum atomic E-state index is 12.0. The molecule has 2 aromatic rings. The summed E-state index contributed by atoms with van der Waals surface area (Å²) in [5.74, 6) is 1.02. The standard InChI is InChI=1S/C21H25NO2/c23-21(22-16-18-7-2-1-3-8-18)14-13-17-9-6-12-20(15-17)24-19-10-4-5-11-19/h1-3,6-9,12,15,19H,4-5,10-11,13-14,16H2,(H,22,23). The van der Waals surface area contributed by atoms with Crippen LogP contribution in [0.25, 0.3) is 0 Å². The van der Waals surface area contributed by atoms with E-state index in [1.165, 1.54) is 12.8 Å². The van der Waals surface area contributed by atoms with Crippen LogP contribution in [0.5, 0.6) is 5.75 Å². The second-order valence-electron chi connectivity index (χ2n) is 6.43. The molecule has 1 aliphatic carbocycles. The van der Waals surface area contributed by atoms with Gasteiger partial charge in [0.1, 0.15) is 5.75 Å². The summed E-state index contributed by atoms with van der Waals surface area (Å²) in [5, 5.41) is 2.97. The molecule has 126 valence electrons. The molecule has 1 amide bonds. The monoisotopic (exact) mass is 323 g/mol. The van der Waals surface area contributed by atoms with E-state index in [1.807, 2.05) is 42.5 Å². The van der Waals surface area contributed by atoms with Gasteiger partial charge < -0.3 is 10.1 Å². The first kappa shape index (κ1) is 16.6. The molecule has 0 bridgehead atoms. The third-order valence-corrected chi connectivity index (χ3v) is 4.48. The number of rotatable bonds is 7. The second-order valence-corrected chi connectivity index (χ2v) is 6.43. The SMILES string of the molecule is O=C(CCc1cccc(OC2CCCC2)c1)NCc1ccccc1. The second kappa shape index (κ2) is 8.53. The molecule has 1 saturated carbocycles. The summed E-state index contributed by atoms with van der Waals surface area (Å²) >= 11 is 0. The van der Waals surface area contributed by atoms with Crippen LogP contribution in [-0.2, 0) is 17.8 Å². The van der Waals surface area contributed by atoms with Gasteiger partial charge in [0.15, 0.2) is 0 Å². The van der Waals surface area contributed by atoms with Gasteiger partial charge >= 0.3 is 0 Å². The van der Waals surface area contributed by atoms with Gasteiger partial charge in [0.05, 0.1) is 6.10 Å². The molecule has 3 heteroatoms. The van der Waals surface area contributed by atoms with E-state index in [0.29, 0.717) is 19.1 Å². The Morgan fingerprint density at radius 2 is 1.75 bits per heavy atom. The van der Waals surface area contributed by atoms with Crippen LogP contribution < -0.4 is 10.1 Å². The van der Waals surface area contributed by atoms with E-state index in [9.17, 15) is 4.79 Å². The molecule has 0 radical (unpaired) electrons. The smallest absolute Gasteiger partial charge is 0.220 e. The molecule has 1 fully saturated rings. The van der Waals surface area contributed by atoms with Crippen molar-refractivity contribution in [2.75, 3.05) is 0 Å². The summed E-state index contributed by atoms with van der Waals surface area (Å²) in [6.07, 6.45) is 6.47. The number of carbonyl (C=O) groups is 1. The topological polar surface area (TPSA) is 38.3 Å². The molecule has 3 nitrogen and oxygen atoms in total. The van der Waals surface area contributed by atoms with Crippen LogP contribution in [0.15, 0.2) is 54.6 Å². The van der Waals surface area contributed by atoms with Crippen LogP contribution in [0.1, 0.15) is 43.2 Å². The quantitative estimate of drug-likeness (QED) is 0.827. The summed E-state index contributed by atoms with van der Waals surface area (Å²) in [4.78, 5) is 12.0. The van der Waals surface area contributed by atoms with Crippen LogP contribution in [-0.4, -0.2) is 12.0 Å². The normalized spacial score (nSPS) is 14.5. The maximum Gasteiger partial charge on any atom is 0.220 e. The first-order valence-electron chi connectivity index (χ1n) is 8.86. The fourth-order valence-corrected chi connectivity index (χ4v) is 3.12. The van der Waals surface area contributed by atoms with Gasteiger partial charge in [0, 0.05) is 13.0 Å². The van der Waals surface area contributed by atoms with Crippen molar-refractivity contribution in [3.05, 3.63) is 65.7 Å². The lowest BCUT2D eigenvalue weighted by molar-refractivity contribution is -0.121. The van der Waals surface area contributed by atoms with E-state index in [0.717, 1.165) is 36.1 Å². The van der Waals surface area contributed by atoms with Gasteiger partial charge in [-0.1, -0.05) is 42.5 Å². The maximum absolute atomic E-state index is 12.0. The van der Waals surface area contributed by atoms with Gasteiger partial charge in [-0.25, -0.2) is 0 Å². The van der Waals surface area contributed by atoms with Crippen LogP contribution in [0.3, 0.4) is 0 Å². The van der Waals surface area contributed by atoms with Crippen molar-refractivity contribution in [1.82, 2.24) is 5.32 Å². The van der Waals surface area contributed by atoms with Crippen molar-refractivity contribution in [2.24, 2.45) is 0 Å². The Bertz CT molecular complexity index is 648. The molecule has 0 aliphatic heterocycles. The predicted octanol–water partition coefficient (Wildman–Crippen LogP) is 4.26. The minimum absolute atomic E-state index is 0.0842. The number of hydrogen-bond acceptors (Lipinski definition) is 2. The number of aryl methyl sites for hydroxylation is 1. The number of ether oxygens (including phenoxy) is 1. The largest absolute Gasteiger partial charge is 0.490 e. The molecule has 24 heavy (non-hydrogen) atoms. The van der Waals surface area contributed by atoms with Crippen molar-refractivity contribution >= 4 is 5.91 Å². The lowest BCUT2D eigenvalue weighted by atomic mass is 10.1. The average molecular weight is 323 g/mol. The highest BCUT2D eigenvalue weighted by atomic mass is 16.5. The highest BCUT2D eigenvalue weighted by Gasteiger charge is 2.16. The molecule has 1 aliphatic rings. The Morgan fingerprint density at radius 3 is 2.54 bits per heavy atom. The third-order valence-electron chi connectivity index (χ3n) is 4.48. The Labute approximate surface area is 144 Å². The van der Waals surface area contributed by atoms with Crippen molar-refractivity contribution in [2.45, 2.75) is 51.2 Å². The van der Waals surface area contributed by atoms with Crippen molar-refractivity contribution in [1.29, 1.82) is 0 Å². The van der Waals surface area contributed by atoms with Crippen molar-refractivity contribution < 1.29 is 9.53 Å².